The van der Waals surface area contributed by atoms with Gasteiger partial charge in [-0.1, -0.05) is 6.08 Å². The molecule has 124 valence electrons. The molecule has 2 heterocycles. The lowest BCUT2D eigenvalue weighted by Gasteiger charge is -2.33. The van der Waals surface area contributed by atoms with Gasteiger partial charge in [0.15, 0.2) is 11.5 Å². The lowest BCUT2D eigenvalue weighted by Crippen LogP contribution is -2.44. The fraction of sp³-hybridized carbons (Fsp3) is 0.467. The third-order valence-electron chi connectivity index (χ3n) is 3.79. The van der Waals surface area contributed by atoms with E-state index in [4.69, 9.17) is 14.2 Å². The molecule has 22 heavy (non-hydrogen) atoms. The van der Waals surface area contributed by atoms with Gasteiger partial charge in [-0.25, -0.2) is 0 Å². The molecule has 0 bridgehead atoms. The number of piperazine rings is 1. The zero-order chi connectivity index (χ0) is 13.9. The van der Waals surface area contributed by atoms with Crippen molar-refractivity contribution in [2.75, 3.05) is 40.1 Å². The average Bonchev–Trinajstić information content (AvgIpc) is 2.97. The molecule has 7 heteroatoms. The largest absolute Gasteiger partial charge is 0.493 e. The summed E-state index contributed by atoms with van der Waals surface area (Å²) in [6.45, 7) is 8.26. The Bertz CT molecular complexity index is 508. The number of nitrogens with one attached hydrogen (secondary N) is 1. The van der Waals surface area contributed by atoms with Crippen molar-refractivity contribution in [1.82, 2.24) is 10.2 Å². The topological polar surface area (TPSA) is 43.0 Å². The van der Waals surface area contributed by atoms with Crippen molar-refractivity contribution in [3.8, 4) is 17.2 Å². The Morgan fingerprint density at radius 3 is 2.64 bits per heavy atom. The van der Waals surface area contributed by atoms with Gasteiger partial charge in [0.05, 0.1) is 13.2 Å². The van der Waals surface area contributed by atoms with Gasteiger partial charge in [0.25, 0.3) is 0 Å². The van der Waals surface area contributed by atoms with Crippen molar-refractivity contribution in [2.45, 2.75) is 6.04 Å². The number of rotatable bonds is 4. The van der Waals surface area contributed by atoms with Gasteiger partial charge in [-0.2, -0.15) is 0 Å². The van der Waals surface area contributed by atoms with Crippen LogP contribution in [0.15, 0.2) is 24.8 Å². The Hall–Kier alpha value is -1.14. The number of fused-ring (bicyclic) bond motifs is 1. The van der Waals surface area contributed by atoms with Crippen LogP contribution >= 0.6 is 24.8 Å². The molecule has 1 aromatic carbocycles. The van der Waals surface area contributed by atoms with Gasteiger partial charge in [-0.15, -0.1) is 31.4 Å². The Morgan fingerprint density at radius 2 is 2.00 bits per heavy atom. The van der Waals surface area contributed by atoms with E-state index in [0.29, 0.717) is 5.75 Å². The fourth-order valence-corrected chi connectivity index (χ4v) is 2.78. The summed E-state index contributed by atoms with van der Waals surface area (Å²) in [5.74, 6) is 2.16. The fourth-order valence-electron chi connectivity index (χ4n) is 2.78. The molecule has 1 N–H and O–H groups in total. The molecule has 1 saturated heterocycles. The highest BCUT2D eigenvalue weighted by Gasteiger charge is 2.25. The molecule has 0 spiro atoms. The molecular formula is C15H22Cl2N2O3. The molecule has 1 fully saturated rings. The first-order valence-electron chi connectivity index (χ1n) is 6.88. The average molecular weight is 349 g/mol. The van der Waals surface area contributed by atoms with Gasteiger partial charge in [0, 0.05) is 26.2 Å². The van der Waals surface area contributed by atoms with Crippen LogP contribution in [0.3, 0.4) is 0 Å². The van der Waals surface area contributed by atoms with E-state index >= 15 is 0 Å². The van der Waals surface area contributed by atoms with E-state index in [1.165, 1.54) is 0 Å². The predicted molar refractivity (Wildman–Crippen MR) is 91.0 cm³/mol. The summed E-state index contributed by atoms with van der Waals surface area (Å²) in [5.41, 5.74) is 1.13. The predicted octanol–water partition coefficient (Wildman–Crippen LogP) is 2.40. The third kappa shape index (κ3) is 3.60. The van der Waals surface area contributed by atoms with Gasteiger partial charge >= 0.3 is 0 Å². The van der Waals surface area contributed by atoms with Gasteiger partial charge in [0.1, 0.15) is 0 Å². The molecule has 5 nitrogen and oxygen atoms in total. The highest BCUT2D eigenvalue weighted by Crippen LogP contribution is 2.43. The highest BCUT2D eigenvalue weighted by molar-refractivity contribution is 5.85. The van der Waals surface area contributed by atoms with E-state index in [1.54, 1.807) is 7.11 Å². The van der Waals surface area contributed by atoms with Crippen LogP contribution < -0.4 is 19.5 Å². The van der Waals surface area contributed by atoms with E-state index in [0.717, 1.165) is 43.2 Å². The molecule has 2 aliphatic rings. The second-order valence-electron chi connectivity index (χ2n) is 4.92. The van der Waals surface area contributed by atoms with Crippen molar-refractivity contribution in [3.63, 3.8) is 0 Å². The maximum Gasteiger partial charge on any atom is 0.231 e. The molecule has 3 rings (SSSR count). The second-order valence-corrected chi connectivity index (χ2v) is 4.92. The maximum atomic E-state index is 5.50. The summed E-state index contributed by atoms with van der Waals surface area (Å²) >= 11 is 0. The summed E-state index contributed by atoms with van der Waals surface area (Å²) in [6.07, 6.45) is 1.97. The lowest BCUT2D eigenvalue weighted by atomic mass is 10.0. The van der Waals surface area contributed by atoms with Gasteiger partial charge in [-0.3, -0.25) is 4.90 Å². The Morgan fingerprint density at radius 1 is 1.27 bits per heavy atom. The normalized spacial score (nSPS) is 17.9. The number of ether oxygens (including phenoxy) is 3. The standard InChI is InChI=1S/C15H20N2O3.2ClH/c1-3-12(17-6-4-16-5-7-17)11-8-13(18-2)15-14(9-11)19-10-20-15;;/h3,8-9,12,16H,1,4-7,10H2,2H3;2*1H/t12-;;/m0../s1. The molecule has 1 aromatic rings. The minimum atomic E-state index is 0. The SMILES string of the molecule is C=C[C@@H](c1cc(OC)c2c(c1)OCO2)N1CCNCC1.Cl.Cl. The molecule has 0 saturated carbocycles. The third-order valence-corrected chi connectivity index (χ3v) is 3.79. The Balaban J connectivity index is 0.00000121. The summed E-state index contributed by atoms with van der Waals surface area (Å²) in [5, 5.41) is 3.36. The Kier molecular flexibility index (Phi) is 7.29. The first kappa shape index (κ1) is 18.9. The molecule has 0 radical (unpaired) electrons. The summed E-state index contributed by atoms with van der Waals surface area (Å²) in [7, 11) is 1.65. The molecule has 0 unspecified atom stereocenters. The number of hydrogen-bond acceptors (Lipinski definition) is 5. The summed E-state index contributed by atoms with van der Waals surface area (Å²) in [6, 6.07) is 4.21. The van der Waals surface area contributed by atoms with Gasteiger partial charge in [-0.05, 0) is 17.7 Å². The maximum absolute atomic E-state index is 5.50. The number of hydrogen-bond donors (Lipinski definition) is 1. The van der Waals surface area contributed by atoms with Crippen molar-refractivity contribution in [2.24, 2.45) is 0 Å². The number of methoxy groups -OCH3 is 1. The van der Waals surface area contributed by atoms with Crippen LogP contribution in [0.1, 0.15) is 11.6 Å². The van der Waals surface area contributed by atoms with Crippen LogP contribution in [-0.2, 0) is 0 Å². The quantitative estimate of drug-likeness (QED) is 0.846. The Labute approximate surface area is 143 Å². The minimum Gasteiger partial charge on any atom is -0.493 e. The number of halogens is 2. The molecule has 2 aliphatic heterocycles. The smallest absolute Gasteiger partial charge is 0.231 e. The van der Waals surface area contributed by atoms with Crippen molar-refractivity contribution in [1.29, 1.82) is 0 Å². The van der Waals surface area contributed by atoms with E-state index in [9.17, 15) is 0 Å². The van der Waals surface area contributed by atoms with Crippen LogP contribution in [0.4, 0.5) is 0 Å². The lowest BCUT2D eigenvalue weighted by molar-refractivity contribution is 0.171. The molecule has 1 atom stereocenters. The first-order valence-corrected chi connectivity index (χ1v) is 6.88. The minimum absolute atomic E-state index is 0. The zero-order valence-electron chi connectivity index (χ0n) is 12.5. The molecule has 0 amide bonds. The monoisotopic (exact) mass is 348 g/mol. The zero-order valence-corrected chi connectivity index (χ0v) is 14.2. The first-order chi connectivity index (χ1) is 9.83. The van der Waals surface area contributed by atoms with Crippen LogP contribution in [0, 0.1) is 0 Å². The molecular weight excluding hydrogens is 327 g/mol. The molecule has 0 aromatic heterocycles. The van der Waals surface area contributed by atoms with E-state index in [1.807, 2.05) is 18.2 Å². The van der Waals surface area contributed by atoms with Crippen molar-refractivity contribution < 1.29 is 14.2 Å². The van der Waals surface area contributed by atoms with Gasteiger partial charge in [0.2, 0.25) is 12.5 Å². The summed E-state index contributed by atoms with van der Waals surface area (Å²) in [4.78, 5) is 2.40. The van der Waals surface area contributed by atoms with Crippen LogP contribution in [0.25, 0.3) is 0 Å². The van der Waals surface area contributed by atoms with Crippen LogP contribution in [-0.4, -0.2) is 45.0 Å². The van der Waals surface area contributed by atoms with Gasteiger partial charge < -0.3 is 19.5 Å². The van der Waals surface area contributed by atoms with Crippen molar-refractivity contribution >= 4 is 24.8 Å². The number of nitrogens with zero attached hydrogens (tertiary/aromatic N) is 1. The summed E-state index contributed by atoms with van der Waals surface area (Å²) < 4.78 is 16.3. The number of benzene rings is 1. The molecule has 0 aliphatic carbocycles. The van der Waals surface area contributed by atoms with Crippen LogP contribution in [0.5, 0.6) is 17.2 Å². The van der Waals surface area contributed by atoms with E-state index in [-0.39, 0.29) is 37.6 Å². The van der Waals surface area contributed by atoms with E-state index in [2.05, 4.69) is 16.8 Å². The van der Waals surface area contributed by atoms with E-state index < -0.39 is 0 Å². The second kappa shape index (κ2) is 8.48. The van der Waals surface area contributed by atoms with Crippen molar-refractivity contribution in [3.05, 3.63) is 30.4 Å². The van der Waals surface area contributed by atoms with Crippen LogP contribution in [0.2, 0.25) is 0 Å². The highest BCUT2D eigenvalue weighted by atomic mass is 35.5.